The summed E-state index contributed by atoms with van der Waals surface area (Å²) in [6, 6.07) is 4.51. The number of hydrogen-bond donors (Lipinski definition) is 1. The summed E-state index contributed by atoms with van der Waals surface area (Å²) in [5, 5.41) is 3.37. The molecular weight excluding hydrogens is 228 g/mol. The molecule has 0 unspecified atom stereocenters. The van der Waals surface area contributed by atoms with Crippen molar-refractivity contribution in [2.45, 2.75) is 52.7 Å². The lowest BCUT2D eigenvalue weighted by molar-refractivity contribution is 0.144. The molecule has 98 valence electrons. The van der Waals surface area contributed by atoms with E-state index in [1.807, 2.05) is 11.3 Å². The van der Waals surface area contributed by atoms with Gasteiger partial charge in [-0.15, -0.1) is 11.3 Å². The molecule has 3 heteroatoms. The maximum Gasteiger partial charge on any atom is 0.0330 e. The topological polar surface area (TPSA) is 15.3 Å². The van der Waals surface area contributed by atoms with Gasteiger partial charge in [-0.05, 0) is 46.0 Å². The van der Waals surface area contributed by atoms with E-state index in [1.54, 1.807) is 0 Å². The minimum Gasteiger partial charge on any atom is -0.312 e. The Morgan fingerprint density at radius 1 is 1.24 bits per heavy atom. The van der Waals surface area contributed by atoms with Gasteiger partial charge in [0.2, 0.25) is 0 Å². The van der Waals surface area contributed by atoms with Gasteiger partial charge in [-0.3, -0.25) is 4.90 Å². The van der Waals surface area contributed by atoms with Crippen molar-refractivity contribution in [1.82, 2.24) is 10.2 Å². The van der Waals surface area contributed by atoms with Crippen LogP contribution in [0.25, 0.3) is 0 Å². The zero-order valence-corrected chi connectivity index (χ0v) is 12.7. The van der Waals surface area contributed by atoms with E-state index in [1.165, 1.54) is 16.2 Å². The Hall–Kier alpha value is -0.380. The third kappa shape index (κ3) is 4.41. The van der Waals surface area contributed by atoms with Gasteiger partial charge in [0.05, 0.1) is 0 Å². The van der Waals surface area contributed by atoms with Gasteiger partial charge in [0.1, 0.15) is 0 Å². The first-order valence-corrected chi connectivity index (χ1v) is 7.30. The van der Waals surface area contributed by atoms with Gasteiger partial charge < -0.3 is 5.32 Å². The molecule has 0 aromatic carbocycles. The van der Waals surface area contributed by atoms with E-state index >= 15 is 0 Å². The molecule has 0 aliphatic heterocycles. The third-order valence-corrected chi connectivity index (χ3v) is 4.63. The lowest BCUT2D eigenvalue weighted by Gasteiger charge is -2.34. The molecule has 0 bridgehead atoms. The Morgan fingerprint density at radius 3 is 2.47 bits per heavy atom. The van der Waals surface area contributed by atoms with Gasteiger partial charge in [-0.25, -0.2) is 0 Å². The number of hydrogen-bond acceptors (Lipinski definition) is 3. The SMILES string of the molecule is CCNCc1ccc(CN(C)C(C)(C)CC)s1. The predicted molar refractivity (Wildman–Crippen MR) is 77.5 cm³/mol. The lowest BCUT2D eigenvalue weighted by atomic mass is 10.00. The summed E-state index contributed by atoms with van der Waals surface area (Å²) in [4.78, 5) is 5.34. The van der Waals surface area contributed by atoms with Crippen molar-refractivity contribution in [2.75, 3.05) is 13.6 Å². The first-order valence-electron chi connectivity index (χ1n) is 6.49. The van der Waals surface area contributed by atoms with Crippen molar-refractivity contribution in [1.29, 1.82) is 0 Å². The van der Waals surface area contributed by atoms with Crippen LogP contribution in [-0.4, -0.2) is 24.0 Å². The molecular formula is C14H26N2S. The van der Waals surface area contributed by atoms with Crippen molar-refractivity contribution in [2.24, 2.45) is 0 Å². The first kappa shape index (κ1) is 14.7. The van der Waals surface area contributed by atoms with Crippen molar-refractivity contribution in [3.63, 3.8) is 0 Å². The lowest BCUT2D eigenvalue weighted by Crippen LogP contribution is -2.39. The summed E-state index contributed by atoms with van der Waals surface area (Å²) in [7, 11) is 2.22. The van der Waals surface area contributed by atoms with Crippen LogP contribution in [0, 0.1) is 0 Å². The Kier molecular flexibility index (Phi) is 5.63. The zero-order valence-electron chi connectivity index (χ0n) is 11.8. The summed E-state index contributed by atoms with van der Waals surface area (Å²) >= 11 is 1.92. The van der Waals surface area contributed by atoms with E-state index in [2.05, 4.69) is 57.1 Å². The Balaban J connectivity index is 2.54. The molecule has 0 saturated heterocycles. The van der Waals surface area contributed by atoms with Crippen LogP contribution in [0.3, 0.4) is 0 Å². The second-order valence-electron chi connectivity index (χ2n) is 5.17. The van der Waals surface area contributed by atoms with Crippen molar-refractivity contribution < 1.29 is 0 Å². The highest BCUT2D eigenvalue weighted by Gasteiger charge is 2.21. The second-order valence-corrected chi connectivity index (χ2v) is 6.42. The van der Waals surface area contributed by atoms with Gasteiger partial charge in [-0.2, -0.15) is 0 Å². The Labute approximate surface area is 110 Å². The van der Waals surface area contributed by atoms with Gasteiger partial charge in [0, 0.05) is 28.4 Å². The average Bonchev–Trinajstić information content (AvgIpc) is 2.74. The molecule has 2 nitrogen and oxygen atoms in total. The molecule has 1 aromatic heterocycles. The highest BCUT2D eigenvalue weighted by Crippen LogP contribution is 2.23. The number of nitrogens with one attached hydrogen (secondary N) is 1. The van der Waals surface area contributed by atoms with Gasteiger partial charge in [-0.1, -0.05) is 13.8 Å². The largest absolute Gasteiger partial charge is 0.312 e. The Morgan fingerprint density at radius 2 is 1.88 bits per heavy atom. The summed E-state index contributed by atoms with van der Waals surface area (Å²) in [6.45, 7) is 12.1. The summed E-state index contributed by atoms with van der Waals surface area (Å²) < 4.78 is 0. The van der Waals surface area contributed by atoms with Crippen LogP contribution >= 0.6 is 11.3 Å². The van der Waals surface area contributed by atoms with Crippen molar-refractivity contribution in [3.05, 3.63) is 21.9 Å². The fraction of sp³-hybridized carbons (Fsp3) is 0.714. The average molecular weight is 254 g/mol. The van der Waals surface area contributed by atoms with Gasteiger partial charge >= 0.3 is 0 Å². The number of rotatable bonds is 7. The van der Waals surface area contributed by atoms with E-state index in [9.17, 15) is 0 Å². The summed E-state index contributed by atoms with van der Waals surface area (Å²) in [5.74, 6) is 0. The van der Waals surface area contributed by atoms with Gasteiger partial charge in [0.25, 0.3) is 0 Å². The highest BCUT2D eigenvalue weighted by molar-refractivity contribution is 7.11. The molecule has 0 amide bonds. The van der Waals surface area contributed by atoms with E-state index < -0.39 is 0 Å². The van der Waals surface area contributed by atoms with Crippen LogP contribution in [0.1, 0.15) is 43.9 Å². The van der Waals surface area contributed by atoms with Crippen LogP contribution in [0.5, 0.6) is 0 Å². The maximum atomic E-state index is 3.37. The number of nitrogens with zero attached hydrogens (tertiary/aromatic N) is 1. The number of thiophene rings is 1. The molecule has 0 saturated carbocycles. The first-order chi connectivity index (χ1) is 7.99. The van der Waals surface area contributed by atoms with Crippen LogP contribution < -0.4 is 5.32 Å². The molecule has 0 atom stereocenters. The molecule has 1 N–H and O–H groups in total. The van der Waals surface area contributed by atoms with Crippen molar-refractivity contribution in [3.8, 4) is 0 Å². The highest BCUT2D eigenvalue weighted by atomic mass is 32.1. The maximum absolute atomic E-state index is 3.37. The van der Waals surface area contributed by atoms with E-state index in [-0.39, 0.29) is 5.54 Å². The second kappa shape index (κ2) is 6.53. The van der Waals surface area contributed by atoms with E-state index in [0.717, 1.165) is 19.6 Å². The standard InChI is InChI=1S/C14H26N2S/c1-6-14(3,4)16(5)11-13-9-8-12(17-13)10-15-7-2/h8-9,15H,6-7,10-11H2,1-5H3. The predicted octanol–water partition coefficient (Wildman–Crippen LogP) is 3.48. The molecule has 1 aromatic rings. The third-order valence-electron chi connectivity index (χ3n) is 3.56. The fourth-order valence-corrected chi connectivity index (χ4v) is 2.61. The summed E-state index contributed by atoms with van der Waals surface area (Å²) in [5.41, 5.74) is 0.284. The molecule has 1 rings (SSSR count). The molecule has 0 spiro atoms. The van der Waals surface area contributed by atoms with Crippen LogP contribution in [0.15, 0.2) is 12.1 Å². The smallest absolute Gasteiger partial charge is 0.0330 e. The normalized spacial score (nSPS) is 12.4. The molecule has 17 heavy (non-hydrogen) atoms. The fourth-order valence-electron chi connectivity index (χ4n) is 1.57. The molecule has 0 aliphatic carbocycles. The molecule has 1 heterocycles. The van der Waals surface area contributed by atoms with Crippen molar-refractivity contribution >= 4 is 11.3 Å². The van der Waals surface area contributed by atoms with E-state index in [4.69, 9.17) is 0 Å². The quantitative estimate of drug-likeness (QED) is 0.801. The monoisotopic (exact) mass is 254 g/mol. The van der Waals surface area contributed by atoms with Crippen LogP contribution in [0.4, 0.5) is 0 Å². The summed E-state index contributed by atoms with van der Waals surface area (Å²) in [6.07, 6.45) is 1.18. The Bertz CT molecular complexity index is 331. The zero-order chi connectivity index (χ0) is 12.9. The minimum absolute atomic E-state index is 0.284. The molecule has 0 radical (unpaired) electrons. The van der Waals surface area contributed by atoms with E-state index in [0.29, 0.717) is 0 Å². The molecule has 0 aliphatic rings. The minimum atomic E-state index is 0.284. The van der Waals surface area contributed by atoms with Gasteiger partial charge in [0.15, 0.2) is 0 Å². The molecule has 0 fully saturated rings. The van der Waals surface area contributed by atoms with Crippen LogP contribution in [0.2, 0.25) is 0 Å². The van der Waals surface area contributed by atoms with Crippen LogP contribution in [-0.2, 0) is 13.1 Å².